The summed E-state index contributed by atoms with van der Waals surface area (Å²) in [4.78, 5) is 6.64. The lowest BCUT2D eigenvalue weighted by Gasteiger charge is -2.28. The van der Waals surface area contributed by atoms with Crippen molar-refractivity contribution in [1.29, 1.82) is 0 Å². The number of nitrogens with zero attached hydrogens (tertiary/aromatic N) is 2. The molecule has 0 spiro atoms. The number of rotatable bonds is 6. The van der Waals surface area contributed by atoms with E-state index in [1.807, 2.05) is 30.3 Å². The van der Waals surface area contributed by atoms with E-state index >= 15 is 0 Å². The Balaban J connectivity index is 0.00000280. The van der Waals surface area contributed by atoms with E-state index in [4.69, 9.17) is 0 Å². The molecule has 0 saturated carbocycles. The molecule has 6 heteroatoms. The van der Waals surface area contributed by atoms with Gasteiger partial charge in [0.2, 0.25) is 0 Å². The van der Waals surface area contributed by atoms with Gasteiger partial charge in [-0.25, -0.2) is 0 Å². The van der Waals surface area contributed by atoms with Gasteiger partial charge < -0.3 is 20.6 Å². The fourth-order valence-corrected chi connectivity index (χ4v) is 3.59. The van der Waals surface area contributed by atoms with Crippen LogP contribution >= 0.6 is 24.0 Å². The van der Waals surface area contributed by atoms with E-state index in [2.05, 4.69) is 45.8 Å². The average Bonchev–Trinajstić information content (AvgIpc) is 2.71. The second-order valence-electron chi connectivity index (χ2n) is 7.09. The summed E-state index contributed by atoms with van der Waals surface area (Å²) in [7, 11) is 3.93. The van der Waals surface area contributed by atoms with Gasteiger partial charge in [-0.3, -0.25) is 4.99 Å². The molecule has 1 aliphatic rings. The summed E-state index contributed by atoms with van der Waals surface area (Å²) in [6.45, 7) is 2.60. The number of hydrogen-bond acceptors (Lipinski definition) is 3. The van der Waals surface area contributed by atoms with Crippen LogP contribution < -0.4 is 15.5 Å². The van der Waals surface area contributed by atoms with Gasteiger partial charge in [-0.15, -0.1) is 24.0 Å². The first kappa shape index (κ1) is 22.5. The van der Waals surface area contributed by atoms with Gasteiger partial charge >= 0.3 is 0 Å². The first-order chi connectivity index (χ1) is 13.2. The Morgan fingerprint density at radius 3 is 2.68 bits per heavy atom. The topological polar surface area (TPSA) is 59.9 Å². The molecule has 2 aromatic rings. The lowest BCUT2D eigenvalue weighted by molar-refractivity contribution is 0.265. The average molecular weight is 494 g/mol. The molecule has 1 heterocycles. The van der Waals surface area contributed by atoms with Crippen LogP contribution in [0.5, 0.6) is 0 Å². The fourth-order valence-electron chi connectivity index (χ4n) is 3.59. The predicted octanol–water partition coefficient (Wildman–Crippen LogP) is 3.13. The summed E-state index contributed by atoms with van der Waals surface area (Å²) in [6.07, 6.45) is 2.36. The molecular weight excluding hydrogens is 463 g/mol. The molecule has 1 aliphatic heterocycles. The normalized spacial score (nSPS) is 14.7. The minimum absolute atomic E-state index is 0. The van der Waals surface area contributed by atoms with Crippen molar-refractivity contribution in [2.45, 2.75) is 25.3 Å². The van der Waals surface area contributed by atoms with E-state index in [-0.39, 0.29) is 36.5 Å². The highest BCUT2D eigenvalue weighted by molar-refractivity contribution is 14.0. The Hall–Kier alpha value is -1.80. The number of aliphatic hydroxyl groups excluding tert-OH is 1. The van der Waals surface area contributed by atoms with Crippen LogP contribution in [0.25, 0.3) is 0 Å². The quantitative estimate of drug-likeness (QED) is 0.328. The monoisotopic (exact) mass is 494 g/mol. The van der Waals surface area contributed by atoms with E-state index in [9.17, 15) is 5.11 Å². The summed E-state index contributed by atoms with van der Waals surface area (Å²) < 4.78 is 0. The smallest absolute Gasteiger partial charge is 0.191 e. The predicted molar refractivity (Wildman–Crippen MR) is 128 cm³/mol. The van der Waals surface area contributed by atoms with Crippen molar-refractivity contribution in [2.75, 3.05) is 38.7 Å². The Morgan fingerprint density at radius 1 is 1.18 bits per heavy atom. The van der Waals surface area contributed by atoms with Gasteiger partial charge in [0, 0.05) is 45.3 Å². The van der Waals surface area contributed by atoms with E-state index in [0.29, 0.717) is 6.54 Å². The van der Waals surface area contributed by atoms with E-state index < -0.39 is 0 Å². The van der Waals surface area contributed by atoms with Crippen molar-refractivity contribution in [2.24, 2.45) is 4.99 Å². The molecule has 2 aromatic carbocycles. The standard InChI is InChI=1S/C22H30N4O.HI/c1-23-22(25-15-20(16-27)18-7-4-3-5-8-18)24-14-17-10-11-21-19(13-17)9-6-12-26(21)2;/h3-5,7-8,10-11,13,20,27H,6,9,12,14-16H2,1-2H3,(H2,23,24,25);1H. The van der Waals surface area contributed by atoms with Crippen molar-refractivity contribution in [3.8, 4) is 0 Å². The molecule has 3 rings (SSSR count). The number of benzene rings is 2. The van der Waals surface area contributed by atoms with Crippen LogP contribution in [-0.4, -0.2) is 44.9 Å². The van der Waals surface area contributed by atoms with Gasteiger partial charge in [-0.05, 0) is 35.6 Å². The Morgan fingerprint density at radius 2 is 1.96 bits per heavy atom. The van der Waals surface area contributed by atoms with Crippen LogP contribution in [0.1, 0.15) is 29.0 Å². The molecule has 3 N–H and O–H groups in total. The summed E-state index contributed by atoms with van der Waals surface area (Å²) >= 11 is 0. The molecule has 1 unspecified atom stereocenters. The van der Waals surface area contributed by atoms with Crippen LogP contribution in [0.2, 0.25) is 0 Å². The molecule has 0 radical (unpaired) electrons. The second kappa shape index (κ2) is 11.3. The first-order valence-corrected chi connectivity index (χ1v) is 9.64. The van der Waals surface area contributed by atoms with Crippen molar-refractivity contribution < 1.29 is 5.11 Å². The van der Waals surface area contributed by atoms with E-state index in [0.717, 1.165) is 31.0 Å². The minimum atomic E-state index is 0. The molecule has 28 heavy (non-hydrogen) atoms. The van der Waals surface area contributed by atoms with Crippen molar-refractivity contribution in [3.05, 3.63) is 65.2 Å². The first-order valence-electron chi connectivity index (χ1n) is 9.64. The largest absolute Gasteiger partial charge is 0.396 e. The molecule has 0 aliphatic carbocycles. The van der Waals surface area contributed by atoms with Gasteiger partial charge in [0.1, 0.15) is 0 Å². The molecule has 1 atom stereocenters. The molecule has 0 saturated heterocycles. The minimum Gasteiger partial charge on any atom is -0.396 e. The number of aliphatic imine (C=N–C) groups is 1. The maximum atomic E-state index is 9.70. The lowest BCUT2D eigenvalue weighted by Crippen LogP contribution is -2.39. The number of guanidine groups is 1. The summed E-state index contributed by atoms with van der Waals surface area (Å²) in [5, 5.41) is 16.4. The molecule has 0 aromatic heterocycles. The molecule has 0 bridgehead atoms. The summed E-state index contributed by atoms with van der Waals surface area (Å²) in [6, 6.07) is 16.8. The lowest BCUT2D eigenvalue weighted by atomic mass is 9.99. The summed E-state index contributed by atoms with van der Waals surface area (Å²) in [5.41, 5.74) is 5.16. The van der Waals surface area contributed by atoms with Crippen LogP contribution in [0, 0.1) is 0 Å². The number of aliphatic hydroxyl groups is 1. The Bertz CT molecular complexity index is 766. The zero-order valence-corrected chi connectivity index (χ0v) is 19.0. The third-order valence-corrected chi connectivity index (χ3v) is 5.19. The number of aryl methyl sites for hydroxylation is 1. The van der Waals surface area contributed by atoms with Crippen LogP contribution in [0.4, 0.5) is 5.69 Å². The maximum absolute atomic E-state index is 9.70. The number of hydrogen-bond donors (Lipinski definition) is 3. The van der Waals surface area contributed by atoms with Gasteiger partial charge in [0.15, 0.2) is 5.96 Å². The van der Waals surface area contributed by atoms with Crippen molar-refractivity contribution in [1.82, 2.24) is 10.6 Å². The third-order valence-electron chi connectivity index (χ3n) is 5.19. The highest BCUT2D eigenvalue weighted by atomic mass is 127. The molecule has 0 amide bonds. The van der Waals surface area contributed by atoms with Crippen LogP contribution in [0.15, 0.2) is 53.5 Å². The molecule has 152 valence electrons. The SMILES string of the molecule is CN=C(NCc1ccc2c(c1)CCCN2C)NCC(CO)c1ccccc1.I. The highest BCUT2D eigenvalue weighted by Gasteiger charge is 2.14. The summed E-state index contributed by atoms with van der Waals surface area (Å²) in [5.74, 6) is 0.795. The van der Waals surface area contributed by atoms with E-state index in [1.165, 1.54) is 23.2 Å². The Labute approximate surface area is 185 Å². The number of fused-ring (bicyclic) bond motifs is 1. The zero-order valence-electron chi connectivity index (χ0n) is 16.7. The third kappa shape index (κ3) is 5.85. The molecular formula is C22H31IN4O. The maximum Gasteiger partial charge on any atom is 0.191 e. The number of anilines is 1. The van der Waals surface area contributed by atoms with E-state index in [1.54, 1.807) is 7.05 Å². The fraction of sp³-hybridized carbons (Fsp3) is 0.409. The second-order valence-corrected chi connectivity index (χ2v) is 7.09. The molecule has 0 fully saturated rings. The zero-order chi connectivity index (χ0) is 19.1. The number of halogens is 1. The van der Waals surface area contributed by atoms with Gasteiger partial charge in [0.25, 0.3) is 0 Å². The van der Waals surface area contributed by atoms with Gasteiger partial charge in [-0.2, -0.15) is 0 Å². The Kier molecular flexibility index (Phi) is 9.05. The number of nitrogens with one attached hydrogen (secondary N) is 2. The molecule has 5 nitrogen and oxygen atoms in total. The van der Waals surface area contributed by atoms with Crippen LogP contribution in [-0.2, 0) is 13.0 Å². The van der Waals surface area contributed by atoms with Crippen molar-refractivity contribution in [3.63, 3.8) is 0 Å². The van der Waals surface area contributed by atoms with Gasteiger partial charge in [0.05, 0.1) is 6.61 Å². The van der Waals surface area contributed by atoms with Crippen molar-refractivity contribution >= 4 is 35.6 Å². The van der Waals surface area contributed by atoms with Crippen LogP contribution in [0.3, 0.4) is 0 Å². The highest BCUT2D eigenvalue weighted by Crippen LogP contribution is 2.26. The van der Waals surface area contributed by atoms with Gasteiger partial charge in [-0.1, -0.05) is 42.5 Å².